The Kier molecular flexibility index (Phi) is 2.90. The lowest BCUT2D eigenvalue weighted by Gasteiger charge is -2.21. The number of carbonyl (C=O) groups is 1. The van der Waals surface area contributed by atoms with Gasteiger partial charge in [0.05, 0.1) is 13.0 Å². The molecule has 0 aliphatic heterocycles. The van der Waals surface area contributed by atoms with E-state index in [4.69, 9.17) is 4.74 Å². The number of fused-ring (bicyclic) bond motifs is 2. The molecule has 1 saturated carbocycles. The molecule has 0 aromatic rings. The minimum absolute atomic E-state index is 0.0122. The van der Waals surface area contributed by atoms with Crippen molar-refractivity contribution in [2.75, 3.05) is 7.11 Å². The Hall–Kier alpha value is -0.790. The van der Waals surface area contributed by atoms with E-state index in [0.29, 0.717) is 5.92 Å². The number of allylic oxidation sites excluding steroid dienone is 2. The smallest absolute Gasteiger partial charge is 0.308 e. The summed E-state index contributed by atoms with van der Waals surface area (Å²) in [6, 6.07) is 0. The molecule has 0 unspecified atom stereocenters. The number of hydrogen-bond donors (Lipinski definition) is 0. The van der Waals surface area contributed by atoms with Crippen molar-refractivity contribution in [1.29, 1.82) is 0 Å². The van der Waals surface area contributed by atoms with E-state index in [9.17, 15) is 4.79 Å². The zero-order valence-electron chi connectivity index (χ0n) is 8.79. The summed E-state index contributed by atoms with van der Waals surface area (Å²) in [5.41, 5.74) is 1.57. The van der Waals surface area contributed by atoms with E-state index in [1.807, 2.05) is 0 Å². The average molecular weight is 194 g/mol. The number of ether oxygens (including phenoxy) is 1. The van der Waals surface area contributed by atoms with Crippen molar-refractivity contribution < 1.29 is 9.53 Å². The van der Waals surface area contributed by atoms with E-state index in [0.717, 1.165) is 25.7 Å². The standard InChI is InChI=1S/C12H18O2/c1-14-12(13)11-5-3-2-4-9-6-7-10(11)8-9/h4,10-11H,2-3,5-8H2,1H3/b9-4-/t10-,11-/m0/s1. The molecule has 2 aliphatic rings. The van der Waals surface area contributed by atoms with Crippen LogP contribution in [-0.4, -0.2) is 13.1 Å². The molecule has 0 aromatic carbocycles. The van der Waals surface area contributed by atoms with Crippen LogP contribution in [0, 0.1) is 11.8 Å². The molecule has 78 valence electrons. The maximum absolute atomic E-state index is 11.6. The molecule has 1 fully saturated rings. The number of esters is 1. The Balaban J connectivity index is 2.10. The van der Waals surface area contributed by atoms with Crippen LogP contribution in [0.3, 0.4) is 0 Å². The molecule has 0 radical (unpaired) electrons. The third kappa shape index (κ3) is 1.84. The maximum Gasteiger partial charge on any atom is 0.308 e. The van der Waals surface area contributed by atoms with Gasteiger partial charge in [0.25, 0.3) is 0 Å². The summed E-state index contributed by atoms with van der Waals surface area (Å²) in [4.78, 5) is 11.6. The van der Waals surface area contributed by atoms with E-state index >= 15 is 0 Å². The maximum atomic E-state index is 11.6. The van der Waals surface area contributed by atoms with Crippen molar-refractivity contribution in [3.8, 4) is 0 Å². The van der Waals surface area contributed by atoms with Gasteiger partial charge in [0.1, 0.15) is 0 Å². The molecular formula is C12H18O2. The predicted octanol–water partition coefficient (Wildman–Crippen LogP) is 2.69. The lowest BCUT2D eigenvalue weighted by molar-refractivity contribution is -0.147. The van der Waals surface area contributed by atoms with Crippen molar-refractivity contribution in [1.82, 2.24) is 0 Å². The van der Waals surface area contributed by atoms with Crippen molar-refractivity contribution in [3.05, 3.63) is 11.6 Å². The highest BCUT2D eigenvalue weighted by Crippen LogP contribution is 2.39. The first-order chi connectivity index (χ1) is 6.81. The molecule has 0 spiro atoms. The van der Waals surface area contributed by atoms with Gasteiger partial charge in [0.2, 0.25) is 0 Å². The Morgan fingerprint density at radius 1 is 1.50 bits per heavy atom. The molecular weight excluding hydrogens is 176 g/mol. The minimum atomic E-state index is 0.0122. The molecule has 2 heteroatoms. The summed E-state index contributed by atoms with van der Waals surface area (Å²) < 4.78 is 4.88. The average Bonchev–Trinajstić information content (AvgIpc) is 2.64. The lowest BCUT2D eigenvalue weighted by Crippen LogP contribution is -2.23. The fourth-order valence-corrected chi connectivity index (χ4v) is 2.78. The van der Waals surface area contributed by atoms with E-state index in [2.05, 4.69) is 6.08 Å². The van der Waals surface area contributed by atoms with E-state index in [1.165, 1.54) is 20.0 Å². The van der Waals surface area contributed by atoms with Crippen LogP contribution in [0.15, 0.2) is 11.6 Å². The van der Waals surface area contributed by atoms with E-state index < -0.39 is 0 Å². The minimum Gasteiger partial charge on any atom is -0.469 e. The highest BCUT2D eigenvalue weighted by molar-refractivity contribution is 5.72. The molecule has 2 bridgehead atoms. The van der Waals surface area contributed by atoms with Gasteiger partial charge < -0.3 is 4.74 Å². The molecule has 0 saturated heterocycles. The van der Waals surface area contributed by atoms with Crippen LogP contribution < -0.4 is 0 Å². The molecule has 0 amide bonds. The quantitative estimate of drug-likeness (QED) is 0.474. The summed E-state index contributed by atoms with van der Waals surface area (Å²) in [5, 5.41) is 0. The predicted molar refractivity (Wildman–Crippen MR) is 54.8 cm³/mol. The van der Waals surface area contributed by atoms with Gasteiger partial charge in [-0.25, -0.2) is 0 Å². The highest BCUT2D eigenvalue weighted by Gasteiger charge is 2.33. The van der Waals surface area contributed by atoms with Crippen molar-refractivity contribution in [2.24, 2.45) is 11.8 Å². The Morgan fingerprint density at radius 3 is 3.14 bits per heavy atom. The fourth-order valence-electron chi connectivity index (χ4n) is 2.78. The molecule has 0 aromatic heterocycles. The molecule has 2 rings (SSSR count). The van der Waals surface area contributed by atoms with Crippen LogP contribution in [0.2, 0.25) is 0 Å². The van der Waals surface area contributed by atoms with Gasteiger partial charge in [0, 0.05) is 0 Å². The van der Waals surface area contributed by atoms with Crippen molar-refractivity contribution >= 4 is 5.97 Å². The van der Waals surface area contributed by atoms with Gasteiger partial charge in [-0.15, -0.1) is 0 Å². The Morgan fingerprint density at radius 2 is 2.36 bits per heavy atom. The van der Waals surface area contributed by atoms with Crippen LogP contribution in [0.5, 0.6) is 0 Å². The summed E-state index contributed by atoms with van der Waals surface area (Å²) in [6.07, 6.45) is 9.22. The van der Waals surface area contributed by atoms with E-state index in [-0.39, 0.29) is 11.9 Å². The second kappa shape index (κ2) is 4.16. The van der Waals surface area contributed by atoms with Gasteiger partial charge in [-0.05, 0) is 44.4 Å². The molecule has 2 aliphatic carbocycles. The van der Waals surface area contributed by atoms with Crippen LogP contribution in [0.25, 0.3) is 0 Å². The Labute approximate surface area is 85.3 Å². The number of hydrogen-bond acceptors (Lipinski definition) is 2. The van der Waals surface area contributed by atoms with Gasteiger partial charge in [-0.1, -0.05) is 11.6 Å². The zero-order valence-corrected chi connectivity index (χ0v) is 8.79. The third-order valence-corrected chi connectivity index (χ3v) is 3.59. The third-order valence-electron chi connectivity index (χ3n) is 3.59. The number of carbonyl (C=O) groups excluding carboxylic acids is 1. The first-order valence-corrected chi connectivity index (χ1v) is 5.57. The van der Waals surface area contributed by atoms with Crippen LogP contribution >= 0.6 is 0 Å². The highest BCUT2D eigenvalue weighted by atomic mass is 16.5. The number of rotatable bonds is 1. The molecule has 0 N–H and O–H groups in total. The first-order valence-electron chi connectivity index (χ1n) is 5.57. The topological polar surface area (TPSA) is 26.3 Å². The van der Waals surface area contributed by atoms with Crippen molar-refractivity contribution in [2.45, 2.75) is 38.5 Å². The van der Waals surface area contributed by atoms with Gasteiger partial charge >= 0.3 is 5.97 Å². The molecule has 2 nitrogen and oxygen atoms in total. The van der Waals surface area contributed by atoms with Crippen LogP contribution in [0.1, 0.15) is 38.5 Å². The molecule has 2 atom stereocenters. The summed E-state index contributed by atoms with van der Waals surface area (Å²) >= 11 is 0. The van der Waals surface area contributed by atoms with Crippen LogP contribution in [0.4, 0.5) is 0 Å². The molecule has 14 heavy (non-hydrogen) atoms. The van der Waals surface area contributed by atoms with E-state index in [1.54, 1.807) is 5.57 Å². The number of methoxy groups -OCH3 is 1. The van der Waals surface area contributed by atoms with Gasteiger partial charge in [0.15, 0.2) is 0 Å². The Bertz CT molecular complexity index is 255. The second-order valence-corrected chi connectivity index (χ2v) is 4.43. The summed E-state index contributed by atoms with van der Waals surface area (Å²) in [7, 11) is 1.51. The largest absolute Gasteiger partial charge is 0.469 e. The fraction of sp³-hybridized carbons (Fsp3) is 0.750. The first kappa shape index (κ1) is 9.75. The summed E-state index contributed by atoms with van der Waals surface area (Å²) in [5.74, 6) is 0.748. The van der Waals surface area contributed by atoms with Gasteiger partial charge in [-0.2, -0.15) is 0 Å². The zero-order chi connectivity index (χ0) is 9.97. The lowest BCUT2D eigenvalue weighted by atomic mass is 9.85. The van der Waals surface area contributed by atoms with Gasteiger partial charge in [-0.3, -0.25) is 4.79 Å². The summed E-state index contributed by atoms with van der Waals surface area (Å²) in [6.45, 7) is 0. The molecule has 0 heterocycles. The second-order valence-electron chi connectivity index (χ2n) is 4.43. The monoisotopic (exact) mass is 194 g/mol. The van der Waals surface area contributed by atoms with Crippen molar-refractivity contribution in [3.63, 3.8) is 0 Å². The van der Waals surface area contributed by atoms with Crippen LogP contribution in [-0.2, 0) is 9.53 Å². The normalized spacial score (nSPS) is 35.4. The SMILES string of the molecule is COC(=O)[C@H]1CCC/C=C2/CC[C@H]1C2.